The molecule has 0 heterocycles. The number of nitro benzene ring substituents is 1. The third-order valence-corrected chi connectivity index (χ3v) is 3.80. The van der Waals surface area contributed by atoms with E-state index in [0.29, 0.717) is 16.9 Å². The van der Waals surface area contributed by atoms with Crippen LogP contribution in [0.5, 0.6) is 11.5 Å². The Morgan fingerprint density at radius 1 is 1.10 bits per heavy atom. The number of nitriles is 1. The summed E-state index contributed by atoms with van der Waals surface area (Å²) < 4.78 is 5.68. The Balaban J connectivity index is 1.71. The fourth-order valence-electron chi connectivity index (χ4n) is 2.41. The summed E-state index contributed by atoms with van der Waals surface area (Å²) in [6.45, 7) is 0. The number of hydrogen-bond acceptors (Lipinski definition) is 6. The molecule has 0 unspecified atom stereocenters. The molecule has 0 aliphatic carbocycles. The number of benzene rings is 3. The van der Waals surface area contributed by atoms with E-state index in [-0.39, 0.29) is 22.9 Å². The molecule has 0 atom stereocenters. The summed E-state index contributed by atoms with van der Waals surface area (Å²) in [6.07, 6.45) is 1.45. The van der Waals surface area contributed by atoms with Crippen molar-refractivity contribution in [2.75, 3.05) is 0 Å². The first-order valence-corrected chi connectivity index (χ1v) is 8.42. The number of nitro groups is 1. The molecule has 0 aromatic heterocycles. The minimum absolute atomic E-state index is 0.0494. The second-order valence-electron chi connectivity index (χ2n) is 5.79. The lowest BCUT2D eigenvalue weighted by Crippen LogP contribution is -2.17. The Labute approximate surface area is 165 Å². The van der Waals surface area contributed by atoms with Crippen LogP contribution in [-0.4, -0.2) is 17.0 Å². The average Bonchev–Trinajstić information content (AvgIpc) is 2.74. The molecule has 3 aromatic carbocycles. The average molecular weight is 386 g/mol. The highest BCUT2D eigenvalue weighted by atomic mass is 16.6. The van der Waals surface area contributed by atoms with Crippen LogP contribution in [0.25, 0.3) is 0 Å². The summed E-state index contributed by atoms with van der Waals surface area (Å²) in [5, 5.41) is 24.0. The zero-order valence-electron chi connectivity index (χ0n) is 15.0. The van der Waals surface area contributed by atoms with Gasteiger partial charge >= 0.3 is 0 Å². The summed E-state index contributed by atoms with van der Waals surface area (Å²) in [4.78, 5) is 22.2. The highest BCUT2D eigenvalue weighted by Gasteiger charge is 2.12. The molecule has 0 saturated heterocycles. The van der Waals surface area contributed by atoms with Crippen molar-refractivity contribution in [3.05, 3.63) is 99.6 Å². The fourth-order valence-corrected chi connectivity index (χ4v) is 2.41. The number of amides is 1. The lowest BCUT2D eigenvalue weighted by Gasteiger charge is -2.08. The monoisotopic (exact) mass is 386 g/mol. The molecular weight excluding hydrogens is 372 g/mol. The highest BCUT2D eigenvalue weighted by molar-refractivity contribution is 5.94. The first-order valence-electron chi connectivity index (χ1n) is 8.42. The normalized spacial score (nSPS) is 10.3. The molecule has 3 rings (SSSR count). The number of nitrogens with one attached hydrogen (secondary N) is 1. The Bertz CT molecular complexity index is 1120. The van der Waals surface area contributed by atoms with Gasteiger partial charge in [-0.3, -0.25) is 14.9 Å². The topological polar surface area (TPSA) is 118 Å². The lowest BCUT2D eigenvalue weighted by atomic mass is 10.2. The summed E-state index contributed by atoms with van der Waals surface area (Å²) in [5.41, 5.74) is 3.43. The van der Waals surface area contributed by atoms with Gasteiger partial charge < -0.3 is 4.74 Å². The van der Waals surface area contributed by atoms with E-state index in [1.165, 1.54) is 18.3 Å². The van der Waals surface area contributed by atoms with Crippen LogP contribution in [0.3, 0.4) is 0 Å². The molecule has 1 N–H and O–H groups in total. The maximum atomic E-state index is 12.0. The molecule has 8 nitrogen and oxygen atoms in total. The van der Waals surface area contributed by atoms with Crippen LogP contribution in [0.4, 0.5) is 5.69 Å². The number of hydrogen-bond donors (Lipinski definition) is 1. The van der Waals surface area contributed by atoms with Crippen LogP contribution in [0.2, 0.25) is 0 Å². The van der Waals surface area contributed by atoms with Gasteiger partial charge in [-0.1, -0.05) is 30.3 Å². The van der Waals surface area contributed by atoms with Crippen LogP contribution < -0.4 is 10.2 Å². The van der Waals surface area contributed by atoms with E-state index in [2.05, 4.69) is 10.5 Å². The lowest BCUT2D eigenvalue weighted by molar-refractivity contribution is -0.384. The molecule has 8 heteroatoms. The summed E-state index contributed by atoms with van der Waals surface area (Å²) in [5.74, 6) is 0.275. The number of ether oxygens (including phenoxy) is 1. The Morgan fingerprint density at radius 2 is 1.90 bits per heavy atom. The van der Waals surface area contributed by atoms with Gasteiger partial charge in [0.1, 0.15) is 23.1 Å². The van der Waals surface area contributed by atoms with Crippen molar-refractivity contribution < 1.29 is 14.5 Å². The zero-order chi connectivity index (χ0) is 20.6. The largest absolute Gasteiger partial charge is 0.456 e. The van der Waals surface area contributed by atoms with Crippen molar-refractivity contribution in [1.29, 1.82) is 5.26 Å². The van der Waals surface area contributed by atoms with Crippen molar-refractivity contribution in [2.24, 2.45) is 5.10 Å². The quantitative estimate of drug-likeness (QED) is 0.390. The van der Waals surface area contributed by atoms with Gasteiger partial charge in [-0.2, -0.15) is 10.4 Å². The van der Waals surface area contributed by atoms with Crippen molar-refractivity contribution in [1.82, 2.24) is 5.43 Å². The van der Waals surface area contributed by atoms with Gasteiger partial charge in [0.25, 0.3) is 11.6 Å². The third-order valence-electron chi connectivity index (χ3n) is 3.80. The second kappa shape index (κ2) is 8.92. The van der Waals surface area contributed by atoms with Crippen molar-refractivity contribution in [2.45, 2.75) is 0 Å². The zero-order valence-corrected chi connectivity index (χ0v) is 15.0. The summed E-state index contributed by atoms with van der Waals surface area (Å²) in [6, 6.07) is 21.1. The van der Waals surface area contributed by atoms with Gasteiger partial charge in [0.05, 0.1) is 11.1 Å². The van der Waals surface area contributed by atoms with Crippen LogP contribution in [0, 0.1) is 21.4 Å². The van der Waals surface area contributed by atoms with Crippen LogP contribution in [-0.2, 0) is 0 Å². The van der Waals surface area contributed by atoms with Gasteiger partial charge in [-0.25, -0.2) is 5.43 Å². The summed E-state index contributed by atoms with van der Waals surface area (Å²) >= 11 is 0. The first kappa shape index (κ1) is 19.3. The minimum Gasteiger partial charge on any atom is -0.456 e. The van der Waals surface area contributed by atoms with Gasteiger partial charge in [-0.05, 0) is 35.9 Å². The molecule has 0 bridgehead atoms. The number of rotatable bonds is 6. The molecule has 0 radical (unpaired) electrons. The second-order valence-corrected chi connectivity index (χ2v) is 5.79. The molecule has 0 fully saturated rings. The van der Waals surface area contributed by atoms with E-state index >= 15 is 0 Å². The number of nitrogens with zero attached hydrogens (tertiary/aromatic N) is 3. The van der Waals surface area contributed by atoms with E-state index in [0.717, 1.165) is 6.07 Å². The molecule has 1 amide bonds. The molecule has 0 saturated carbocycles. The fraction of sp³-hybridized carbons (Fsp3) is 0. The minimum atomic E-state index is -0.578. The van der Waals surface area contributed by atoms with Gasteiger partial charge in [0.2, 0.25) is 0 Å². The molecule has 0 aliphatic heterocycles. The van der Waals surface area contributed by atoms with E-state index in [1.54, 1.807) is 48.5 Å². The van der Waals surface area contributed by atoms with E-state index in [4.69, 9.17) is 4.74 Å². The Kier molecular flexibility index (Phi) is 5.93. The van der Waals surface area contributed by atoms with Crippen molar-refractivity contribution >= 4 is 17.8 Å². The Hall–Kier alpha value is -4.51. The van der Waals surface area contributed by atoms with Crippen molar-refractivity contribution in [3.8, 4) is 17.6 Å². The molecule has 142 valence electrons. The summed E-state index contributed by atoms with van der Waals surface area (Å²) in [7, 11) is 0. The standard InChI is InChI=1S/C21H14N4O4/c22-13-17-12-18(25(27)28)9-10-20(17)29-19-8-4-5-15(11-19)14-23-24-21(26)16-6-2-1-3-7-16/h1-12,14H,(H,24,26)/b23-14+. The predicted octanol–water partition coefficient (Wildman–Crippen LogP) is 4.02. The maximum Gasteiger partial charge on any atom is 0.271 e. The first-order chi connectivity index (χ1) is 14.1. The number of hydrazone groups is 1. The Morgan fingerprint density at radius 3 is 2.62 bits per heavy atom. The van der Waals surface area contributed by atoms with Gasteiger partial charge in [0.15, 0.2) is 0 Å². The molecule has 0 aliphatic rings. The van der Waals surface area contributed by atoms with E-state index in [9.17, 15) is 20.2 Å². The number of non-ortho nitro benzene ring substituents is 1. The van der Waals surface area contributed by atoms with Crippen LogP contribution in [0.15, 0.2) is 77.9 Å². The maximum absolute atomic E-state index is 12.0. The highest BCUT2D eigenvalue weighted by Crippen LogP contribution is 2.28. The predicted molar refractivity (Wildman–Crippen MR) is 106 cm³/mol. The molecule has 29 heavy (non-hydrogen) atoms. The number of carbonyl (C=O) groups excluding carboxylic acids is 1. The van der Waals surface area contributed by atoms with Gasteiger partial charge in [0, 0.05) is 17.7 Å². The molecule has 0 spiro atoms. The van der Waals surface area contributed by atoms with Crippen LogP contribution in [0.1, 0.15) is 21.5 Å². The number of carbonyl (C=O) groups is 1. The molecule has 3 aromatic rings. The third kappa shape index (κ3) is 5.02. The van der Waals surface area contributed by atoms with Crippen LogP contribution >= 0.6 is 0 Å². The van der Waals surface area contributed by atoms with Crippen molar-refractivity contribution in [3.63, 3.8) is 0 Å². The SMILES string of the molecule is N#Cc1cc([N+](=O)[O-])ccc1Oc1cccc(/C=N/NC(=O)c2ccccc2)c1. The smallest absolute Gasteiger partial charge is 0.271 e. The van der Waals surface area contributed by atoms with E-state index < -0.39 is 4.92 Å². The molecular formula is C21H14N4O4. The van der Waals surface area contributed by atoms with Gasteiger partial charge in [-0.15, -0.1) is 0 Å². The van der Waals surface area contributed by atoms with E-state index in [1.807, 2.05) is 12.1 Å².